The predicted octanol–water partition coefficient (Wildman–Crippen LogP) is -0.0677. The Morgan fingerprint density at radius 2 is 1.95 bits per heavy atom. The van der Waals surface area contributed by atoms with E-state index in [1.165, 1.54) is 12.1 Å². The molecule has 0 saturated heterocycles. The van der Waals surface area contributed by atoms with Gasteiger partial charge < -0.3 is 15.8 Å². The molecular weight excluding hydrogens is 268 g/mol. The first-order valence-corrected chi connectivity index (χ1v) is 7.66. The van der Waals surface area contributed by atoms with Gasteiger partial charge in [-0.2, -0.15) is 0 Å². The minimum Gasteiger partial charge on any atom is -0.492 e. The van der Waals surface area contributed by atoms with E-state index in [-0.39, 0.29) is 17.4 Å². The van der Waals surface area contributed by atoms with Crippen molar-refractivity contribution in [2.75, 3.05) is 19.4 Å². The fourth-order valence-corrected chi connectivity index (χ4v) is 1.92. The van der Waals surface area contributed by atoms with Crippen molar-refractivity contribution in [2.45, 2.75) is 17.9 Å². The monoisotopic (exact) mass is 286 g/mol. The molecule has 0 fully saturated rings. The highest BCUT2D eigenvalue weighted by Crippen LogP contribution is 2.15. The lowest BCUT2D eigenvalue weighted by atomic mass is 10.3. The van der Waals surface area contributed by atoms with Crippen LogP contribution in [-0.2, 0) is 14.6 Å². The molecule has 0 spiro atoms. The Balaban J connectivity index is 2.41. The van der Waals surface area contributed by atoms with Crippen LogP contribution in [0.4, 0.5) is 0 Å². The van der Waals surface area contributed by atoms with Crippen LogP contribution >= 0.6 is 0 Å². The number of sulfone groups is 1. The second-order valence-corrected chi connectivity index (χ2v) is 6.19. The Morgan fingerprint density at radius 1 is 1.37 bits per heavy atom. The van der Waals surface area contributed by atoms with Crippen LogP contribution in [0.25, 0.3) is 0 Å². The molecule has 0 aromatic heterocycles. The third kappa shape index (κ3) is 5.27. The highest BCUT2D eigenvalue weighted by Gasteiger charge is 2.07. The van der Waals surface area contributed by atoms with Gasteiger partial charge >= 0.3 is 0 Å². The molecule has 0 saturated carbocycles. The lowest BCUT2D eigenvalue weighted by Gasteiger charge is -2.09. The molecule has 1 aromatic carbocycles. The van der Waals surface area contributed by atoms with Crippen molar-refractivity contribution in [1.29, 1.82) is 0 Å². The van der Waals surface area contributed by atoms with Crippen molar-refractivity contribution >= 4 is 15.7 Å². The zero-order valence-electron chi connectivity index (χ0n) is 10.9. The number of ether oxygens (including phenoxy) is 1. The molecule has 6 nitrogen and oxygen atoms in total. The molecule has 0 aliphatic heterocycles. The van der Waals surface area contributed by atoms with Crippen molar-refractivity contribution in [2.24, 2.45) is 5.73 Å². The summed E-state index contributed by atoms with van der Waals surface area (Å²) in [6.07, 6.45) is 1.15. The number of carbonyl (C=O) groups is 1. The fourth-order valence-electron chi connectivity index (χ4n) is 1.29. The standard InChI is InChI=1S/C12H18N2O4S/c1-9(13)12(15)14-7-8-18-10-3-5-11(6-4-10)19(2,16)17/h3-6,9H,7-8,13H2,1-2H3,(H,14,15)/t9-/m0/s1. The van der Waals surface area contributed by atoms with E-state index >= 15 is 0 Å². The summed E-state index contributed by atoms with van der Waals surface area (Å²) in [6, 6.07) is 5.55. The molecular formula is C12H18N2O4S. The van der Waals surface area contributed by atoms with Crippen LogP contribution in [-0.4, -0.2) is 39.8 Å². The highest BCUT2D eigenvalue weighted by molar-refractivity contribution is 7.90. The maximum atomic E-state index is 11.2. The van der Waals surface area contributed by atoms with Crippen LogP contribution < -0.4 is 15.8 Å². The zero-order chi connectivity index (χ0) is 14.5. The van der Waals surface area contributed by atoms with E-state index in [0.717, 1.165) is 6.26 Å². The van der Waals surface area contributed by atoms with Gasteiger partial charge in [-0.05, 0) is 31.2 Å². The Kier molecular flexibility index (Phi) is 5.31. The summed E-state index contributed by atoms with van der Waals surface area (Å²) in [5, 5.41) is 2.60. The number of benzene rings is 1. The summed E-state index contributed by atoms with van der Waals surface area (Å²) < 4.78 is 27.8. The van der Waals surface area contributed by atoms with Crippen LogP contribution in [0.15, 0.2) is 29.2 Å². The van der Waals surface area contributed by atoms with Gasteiger partial charge in [0.05, 0.1) is 17.5 Å². The van der Waals surface area contributed by atoms with E-state index in [1.54, 1.807) is 19.1 Å². The second kappa shape index (κ2) is 6.53. The van der Waals surface area contributed by atoms with Gasteiger partial charge in [0.15, 0.2) is 9.84 Å². The Labute approximate surface area is 112 Å². The third-order valence-corrected chi connectivity index (χ3v) is 3.46. The molecule has 106 valence electrons. The molecule has 0 bridgehead atoms. The lowest BCUT2D eigenvalue weighted by molar-refractivity contribution is -0.122. The second-order valence-electron chi connectivity index (χ2n) is 4.17. The van der Waals surface area contributed by atoms with Crippen molar-refractivity contribution in [3.63, 3.8) is 0 Å². The van der Waals surface area contributed by atoms with Crippen molar-refractivity contribution in [3.8, 4) is 5.75 Å². The van der Waals surface area contributed by atoms with Crippen LogP contribution in [0.1, 0.15) is 6.92 Å². The zero-order valence-corrected chi connectivity index (χ0v) is 11.7. The number of amides is 1. The first-order valence-electron chi connectivity index (χ1n) is 5.77. The molecule has 0 unspecified atom stereocenters. The normalized spacial score (nSPS) is 12.8. The molecule has 3 N–H and O–H groups in total. The quantitative estimate of drug-likeness (QED) is 0.713. The summed E-state index contributed by atoms with van der Waals surface area (Å²) in [5.41, 5.74) is 5.38. The van der Waals surface area contributed by atoms with Gasteiger partial charge in [0.1, 0.15) is 12.4 Å². The average Bonchev–Trinajstić information content (AvgIpc) is 2.33. The summed E-state index contributed by atoms with van der Waals surface area (Å²) in [6.45, 7) is 2.23. The molecule has 0 heterocycles. The third-order valence-electron chi connectivity index (χ3n) is 2.34. The van der Waals surface area contributed by atoms with Crippen LogP contribution in [0, 0.1) is 0 Å². The van der Waals surface area contributed by atoms with Crippen molar-refractivity contribution in [1.82, 2.24) is 5.32 Å². The van der Waals surface area contributed by atoms with E-state index in [4.69, 9.17) is 10.5 Å². The van der Waals surface area contributed by atoms with Crippen molar-refractivity contribution in [3.05, 3.63) is 24.3 Å². The molecule has 0 radical (unpaired) electrons. The molecule has 0 aliphatic carbocycles. The number of rotatable bonds is 6. The minimum absolute atomic E-state index is 0.240. The van der Waals surface area contributed by atoms with Crippen LogP contribution in [0.5, 0.6) is 5.75 Å². The van der Waals surface area contributed by atoms with E-state index in [2.05, 4.69) is 5.32 Å². The topological polar surface area (TPSA) is 98.5 Å². The maximum absolute atomic E-state index is 11.2. The number of carbonyl (C=O) groups excluding carboxylic acids is 1. The van der Waals surface area contributed by atoms with E-state index in [0.29, 0.717) is 12.3 Å². The summed E-state index contributed by atoms with van der Waals surface area (Å²) in [4.78, 5) is 11.4. The summed E-state index contributed by atoms with van der Waals surface area (Å²) in [5.74, 6) is 0.304. The smallest absolute Gasteiger partial charge is 0.236 e. The predicted molar refractivity (Wildman–Crippen MR) is 71.7 cm³/mol. The number of hydrogen-bond acceptors (Lipinski definition) is 5. The minimum atomic E-state index is -3.19. The first kappa shape index (κ1) is 15.5. The van der Waals surface area contributed by atoms with Gasteiger partial charge in [0, 0.05) is 6.26 Å². The highest BCUT2D eigenvalue weighted by atomic mass is 32.2. The molecule has 7 heteroatoms. The van der Waals surface area contributed by atoms with Gasteiger partial charge in [-0.1, -0.05) is 0 Å². The number of hydrogen-bond donors (Lipinski definition) is 2. The Morgan fingerprint density at radius 3 is 2.42 bits per heavy atom. The molecule has 1 rings (SSSR count). The summed E-state index contributed by atoms with van der Waals surface area (Å²) in [7, 11) is -3.19. The van der Waals surface area contributed by atoms with Crippen LogP contribution in [0.2, 0.25) is 0 Å². The van der Waals surface area contributed by atoms with Gasteiger partial charge in [-0.25, -0.2) is 8.42 Å². The fraction of sp³-hybridized carbons (Fsp3) is 0.417. The molecule has 1 amide bonds. The van der Waals surface area contributed by atoms with Gasteiger partial charge in [0.2, 0.25) is 5.91 Å². The van der Waals surface area contributed by atoms with E-state index in [1.807, 2.05) is 0 Å². The largest absolute Gasteiger partial charge is 0.492 e. The van der Waals surface area contributed by atoms with Gasteiger partial charge in [-0.15, -0.1) is 0 Å². The molecule has 1 aromatic rings. The molecule has 0 aliphatic rings. The summed E-state index contributed by atoms with van der Waals surface area (Å²) >= 11 is 0. The molecule has 19 heavy (non-hydrogen) atoms. The Bertz CT molecular complexity index is 523. The number of nitrogens with two attached hydrogens (primary N) is 1. The van der Waals surface area contributed by atoms with E-state index in [9.17, 15) is 13.2 Å². The molecule has 1 atom stereocenters. The van der Waals surface area contributed by atoms with Gasteiger partial charge in [0.25, 0.3) is 0 Å². The number of nitrogens with one attached hydrogen (secondary N) is 1. The van der Waals surface area contributed by atoms with Crippen molar-refractivity contribution < 1.29 is 17.9 Å². The first-order chi connectivity index (χ1) is 8.80. The lowest BCUT2D eigenvalue weighted by Crippen LogP contribution is -2.40. The Hall–Kier alpha value is -1.60. The SMILES string of the molecule is C[C@H](N)C(=O)NCCOc1ccc(S(C)(=O)=O)cc1. The van der Waals surface area contributed by atoms with E-state index < -0.39 is 15.9 Å². The maximum Gasteiger partial charge on any atom is 0.236 e. The average molecular weight is 286 g/mol. The van der Waals surface area contributed by atoms with Gasteiger partial charge in [-0.3, -0.25) is 4.79 Å². The van der Waals surface area contributed by atoms with Crippen LogP contribution in [0.3, 0.4) is 0 Å².